The van der Waals surface area contributed by atoms with Crippen molar-refractivity contribution in [2.45, 2.75) is 25.1 Å². The molecule has 0 aliphatic rings. The van der Waals surface area contributed by atoms with Crippen LogP contribution in [0.25, 0.3) is 0 Å². The molecular weight excluding hydrogens is 251 g/mol. The molecular formula is C10H14Cl2N2S. The summed E-state index contributed by atoms with van der Waals surface area (Å²) in [6.07, 6.45) is 1.02. The van der Waals surface area contributed by atoms with Gasteiger partial charge >= 0.3 is 0 Å². The maximum Gasteiger partial charge on any atom is 0.134 e. The highest BCUT2D eigenvalue weighted by Crippen LogP contribution is 2.21. The van der Waals surface area contributed by atoms with Crippen molar-refractivity contribution < 1.29 is 0 Å². The summed E-state index contributed by atoms with van der Waals surface area (Å²) >= 11 is 13.4. The van der Waals surface area contributed by atoms with E-state index in [9.17, 15) is 0 Å². The van der Waals surface area contributed by atoms with Crippen LogP contribution in [0.5, 0.6) is 0 Å². The molecule has 0 saturated heterocycles. The van der Waals surface area contributed by atoms with Crippen LogP contribution in [0.1, 0.15) is 18.9 Å². The zero-order valence-corrected chi connectivity index (χ0v) is 10.9. The van der Waals surface area contributed by atoms with Crippen LogP contribution in [0.4, 0.5) is 0 Å². The molecule has 1 heterocycles. The normalized spacial score (nSPS) is 12.8. The Labute approximate surface area is 105 Å². The van der Waals surface area contributed by atoms with Gasteiger partial charge in [-0.15, -0.1) is 0 Å². The van der Waals surface area contributed by atoms with Gasteiger partial charge in [0.05, 0.1) is 0 Å². The lowest BCUT2D eigenvalue weighted by Gasteiger charge is -2.05. The fourth-order valence-corrected chi connectivity index (χ4v) is 2.63. The molecule has 2 N–H and O–H groups in total. The number of halogens is 2. The Morgan fingerprint density at radius 2 is 2.20 bits per heavy atom. The number of aromatic nitrogens is 1. The molecule has 0 radical (unpaired) electrons. The van der Waals surface area contributed by atoms with Crippen molar-refractivity contribution in [1.82, 2.24) is 4.98 Å². The van der Waals surface area contributed by atoms with E-state index >= 15 is 0 Å². The molecule has 0 aromatic carbocycles. The van der Waals surface area contributed by atoms with E-state index in [2.05, 4.69) is 4.98 Å². The summed E-state index contributed by atoms with van der Waals surface area (Å²) in [6, 6.07) is 3.93. The predicted octanol–water partition coefficient (Wildman–Crippen LogP) is 3.36. The lowest BCUT2D eigenvalue weighted by molar-refractivity contribution is 0.721. The third-order valence-electron chi connectivity index (χ3n) is 1.87. The Bertz CT molecular complexity index is 318. The first kappa shape index (κ1) is 13.1. The van der Waals surface area contributed by atoms with Gasteiger partial charge in [-0.1, -0.05) is 29.3 Å². The first-order valence-electron chi connectivity index (χ1n) is 4.74. The summed E-state index contributed by atoms with van der Waals surface area (Å²) in [7, 11) is 0. The van der Waals surface area contributed by atoms with Crippen LogP contribution in [0.3, 0.4) is 0 Å². The highest BCUT2D eigenvalue weighted by atomic mass is 35.5. The molecule has 0 aliphatic carbocycles. The van der Waals surface area contributed by atoms with Gasteiger partial charge in [0.1, 0.15) is 10.3 Å². The average Bonchev–Trinajstić information content (AvgIpc) is 2.14. The minimum absolute atomic E-state index is 0.260. The standard InChI is InChI=1S/C10H14Cl2N2S/c1-7(13)4-5-15-6-8-2-3-9(11)14-10(8)12/h2-3,7H,4-6,13H2,1H3. The lowest BCUT2D eigenvalue weighted by atomic mass is 10.3. The minimum Gasteiger partial charge on any atom is -0.328 e. The van der Waals surface area contributed by atoms with Gasteiger partial charge in [0.25, 0.3) is 0 Å². The van der Waals surface area contributed by atoms with Gasteiger partial charge in [0, 0.05) is 11.8 Å². The van der Waals surface area contributed by atoms with Crippen molar-refractivity contribution in [1.29, 1.82) is 0 Å². The fraction of sp³-hybridized carbons (Fsp3) is 0.500. The number of nitrogens with zero attached hydrogens (tertiary/aromatic N) is 1. The second kappa shape index (κ2) is 6.59. The topological polar surface area (TPSA) is 38.9 Å². The van der Waals surface area contributed by atoms with Crippen LogP contribution in [-0.2, 0) is 5.75 Å². The molecule has 2 nitrogen and oxygen atoms in total. The summed E-state index contributed by atoms with van der Waals surface area (Å²) in [4.78, 5) is 3.98. The van der Waals surface area contributed by atoms with Crippen molar-refractivity contribution in [2.75, 3.05) is 5.75 Å². The number of thioether (sulfide) groups is 1. The molecule has 5 heteroatoms. The summed E-state index contributed by atoms with van der Waals surface area (Å²) in [5.41, 5.74) is 6.68. The van der Waals surface area contributed by atoms with Crippen molar-refractivity contribution in [3.8, 4) is 0 Å². The molecule has 1 unspecified atom stereocenters. The Morgan fingerprint density at radius 1 is 1.47 bits per heavy atom. The molecule has 1 aromatic rings. The van der Waals surface area contributed by atoms with Gasteiger partial charge in [-0.05, 0) is 30.7 Å². The second-order valence-corrected chi connectivity index (χ2v) is 5.25. The SMILES string of the molecule is CC(N)CCSCc1ccc(Cl)nc1Cl. The minimum atomic E-state index is 0.260. The highest BCUT2D eigenvalue weighted by Gasteiger charge is 2.03. The zero-order valence-electron chi connectivity index (χ0n) is 8.54. The molecule has 0 aliphatic heterocycles. The molecule has 1 aromatic heterocycles. The lowest BCUT2D eigenvalue weighted by Crippen LogP contribution is -2.15. The quantitative estimate of drug-likeness (QED) is 0.655. The smallest absolute Gasteiger partial charge is 0.134 e. The van der Waals surface area contributed by atoms with Crippen molar-refractivity contribution in [3.63, 3.8) is 0 Å². The van der Waals surface area contributed by atoms with Crippen molar-refractivity contribution in [2.24, 2.45) is 5.73 Å². The first-order chi connectivity index (χ1) is 7.09. The highest BCUT2D eigenvalue weighted by molar-refractivity contribution is 7.98. The van der Waals surface area contributed by atoms with Crippen molar-refractivity contribution in [3.05, 3.63) is 28.0 Å². The summed E-state index contributed by atoms with van der Waals surface area (Å²) in [5, 5.41) is 0.931. The molecule has 84 valence electrons. The van der Waals surface area contributed by atoms with Gasteiger partial charge in [-0.3, -0.25) is 0 Å². The monoisotopic (exact) mass is 264 g/mol. The average molecular weight is 265 g/mol. The second-order valence-electron chi connectivity index (χ2n) is 3.40. The van der Waals surface area contributed by atoms with E-state index < -0.39 is 0 Å². The van der Waals surface area contributed by atoms with E-state index in [4.69, 9.17) is 28.9 Å². The van der Waals surface area contributed by atoms with Gasteiger partial charge in [-0.2, -0.15) is 11.8 Å². The van der Waals surface area contributed by atoms with Crippen LogP contribution in [0.2, 0.25) is 10.3 Å². The Morgan fingerprint density at radius 3 is 2.80 bits per heavy atom. The number of hydrogen-bond donors (Lipinski definition) is 1. The van der Waals surface area contributed by atoms with E-state index in [1.807, 2.05) is 24.8 Å². The van der Waals surface area contributed by atoms with E-state index in [1.165, 1.54) is 0 Å². The van der Waals surface area contributed by atoms with Crippen LogP contribution < -0.4 is 5.73 Å². The van der Waals surface area contributed by atoms with Crippen molar-refractivity contribution >= 4 is 35.0 Å². The number of pyridine rings is 1. The van der Waals surface area contributed by atoms with Crippen LogP contribution in [0, 0.1) is 0 Å². The van der Waals surface area contributed by atoms with E-state index in [0.29, 0.717) is 10.3 Å². The van der Waals surface area contributed by atoms with Gasteiger partial charge in [-0.25, -0.2) is 4.98 Å². The summed E-state index contributed by atoms with van der Waals surface area (Å²) in [6.45, 7) is 2.01. The largest absolute Gasteiger partial charge is 0.328 e. The zero-order chi connectivity index (χ0) is 11.3. The molecule has 0 amide bonds. The summed E-state index contributed by atoms with van der Waals surface area (Å²) in [5.74, 6) is 1.90. The number of nitrogens with two attached hydrogens (primary N) is 1. The maximum atomic E-state index is 5.94. The Hall–Kier alpha value is 0.0400. The molecule has 15 heavy (non-hydrogen) atoms. The van der Waals surface area contributed by atoms with E-state index in [0.717, 1.165) is 23.5 Å². The molecule has 0 saturated carbocycles. The van der Waals surface area contributed by atoms with Gasteiger partial charge in [0.2, 0.25) is 0 Å². The third-order valence-corrected chi connectivity index (χ3v) is 3.44. The Kier molecular flexibility index (Phi) is 5.75. The molecule has 0 bridgehead atoms. The Balaban J connectivity index is 2.37. The fourth-order valence-electron chi connectivity index (χ4n) is 1.000. The molecule has 0 fully saturated rings. The van der Waals surface area contributed by atoms with Crippen LogP contribution in [0.15, 0.2) is 12.1 Å². The van der Waals surface area contributed by atoms with E-state index in [1.54, 1.807) is 6.07 Å². The molecule has 1 rings (SSSR count). The molecule has 0 spiro atoms. The van der Waals surface area contributed by atoms with Crippen LogP contribution in [-0.4, -0.2) is 16.8 Å². The van der Waals surface area contributed by atoms with Crippen LogP contribution >= 0.6 is 35.0 Å². The third kappa shape index (κ3) is 5.07. The van der Waals surface area contributed by atoms with E-state index in [-0.39, 0.29) is 6.04 Å². The first-order valence-corrected chi connectivity index (χ1v) is 6.65. The van der Waals surface area contributed by atoms with Gasteiger partial charge in [0.15, 0.2) is 0 Å². The molecule has 1 atom stereocenters. The predicted molar refractivity (Wildman–Crippen MR) is 68.7 cm³/mol. The summed E-state index contributed by atoms with van der Waals surface area (Å²) < 4.78 is 0. The number of hydrogen-bond acceptors (Lipinski definition) is 3. The van der Waals surface area contributed by atoms with Gasteiger partial charge < -0.3 is 5.73 Å². The maximum absolute atomic E-state index is 5.94. The number of rotatable bonds is 5.